The SMILES string of the molecule is Cl.O=S(=O)(C1CC1)N1CCC(Nc2ncc(F)c(-c3cc(F)c4ncccc4c3)n2)CC1. The number of halogens is 3. The highest BCUT2D eigenvalue weighted by molar-refractivity contribution is 7.90. The zero-order valence-corrected chi connectivity index (χ0v) is 18.7. The molecule has 1 aromatic carbocycles. The summed E-state index contributed by atoms with van der Waals surface area (Å²) in [4.78, 5) is 12.3. The lowest BCUT2D eigenvalue weighted by atomic mass is 10.1. The molecule has 32 heavy (non-hydrogen) atoms. The Morgan fingerprint density at radius 3 is 2.50 bits per heavy atom. The van der Waals surface area contributed by atoms with E-state index >= 15 is 0 Å². The number of benzene rings is 1. The van der Waals surface area contributed by atoms with E-state index in [1.165, 1.54) is 12.3 Å². The van der Waals surface area contributed by atoms with Gasteiger partial charge in [0.2, 0.25) is 16.0 Å². The van der Waals surface area contributed by atoms with Crippen molar-refractivity contribution in [2.24, 2.45) is 0 Å². The van der Waals surface area contributed by atoms with Crippen molar-refractivity contribution in [3.05, 3.63) is 48.3 Å². The second-order valence-corrected chi connectivity index (χ2v) is 10.2. The summed E-state index contributed by atoms with van der Waals surface area (Å²) >= 11 is 0. The average Bonchev–Trinajstić information content (AvgIpc) is 3.62. The van der Waals surface area contributed by atoms with Gasteiger partial charge < -0.3 is 5.32 Å². The summed E-state index contributed by atoms with van der Waals surface area (Å²) in [5.74, 6) is -0.977. The van der Waals surface area contributed by atoms with E-state index in [1.54, 1.807) is 22.5 Å². The van der Waals surface area contributed by atoms with E-state index in [0.717, 1.165) is 19.0 Å². The van der Waals surface area contributed by atoms with Crippen LogP contribution in [0.25, 0.3) is 22.2 Å². The van der Waals surface area contributed by atoms with Crippen LogP contribution in [0.1, 0.15) is 25.7 Å². The maximum Gasteiger partial charge on any atom is 0.223 e. The Bertz CT molecular complexity index is 1250. The molecule has 2 aliphatic rings. The maximum absolute atomic E-state index is 14.5. The highest BCUT2D eigenvalue weighted by Crippen LogP contribution is 2.33. The molecule has 0 radical (unpaired) electrons. The van der Waals surface area contributed by atoms with Gasteiger partial charge in [0.25, 0.3) is 0 Å². The van der Waals surface area contributed by atoms with Crippen LogP contribution in [0.3, 0.4) is 0 Å². The zero-order chi connectivity index (χ0) is 21.6. The second kappa shape index (κ2) is 8.84. The molecular weight excluding hydrogens is 460 g/mol. The van der Waals surface area contributed by atoms with Crippen LogP contribution in [0, 0.1) is 11.6 Å². The summed E-state index contributed by atoms with van der Waals surface area (Å²) in [6, 6.07) is 6.22. The van der Waals surface area contributed by atoms with Gasteiger partial charge in [-0.1, -0.05) is 6.07 Å². The Morgan fingerprint density at radius 2 is 1.78 bits per heavy atom. The first-order chi connectivity index (χ1) is 14.9. The van der Waals surface area contributed by atoms with Crippen molar-refractivity contribution in [1.82, 2.24) is 19.3 Å². The summed E-state index contributed by atoms with van der Waals surface area (Å²) in [6.45, 7) is 0.876. The quantitative estimate of drug-likeness (QED) is 0.597. The zero-order valence-electron chi connectivity index (χ0n) is 17.0. The van der Waals surface area contributed by atoms with Crippen LogP contribution in [-0.4, -0.2) is 52.1 Å². The van der Waals surface area contributed by atoms with E-state index in [2.05, 4.69) is 20.3 Å². The number of piperidine rings is 1. The number of nitrogens with zero attached hydrogens (tertiary/aromatic N) is 4. The summed E-state index contributed by atoms with van der Waals surface area (Å²) in [6.07, 6.45) is 5.27. The lowest BCUT2D eigenvalue weighted by Gasteiger charge is -2.31. The Hall–Kier alpha value is -2.43. The molecule has 1 saturated heterocycles. The van der Waals surface area contributed by atoms with E-state index in [4.69, 9.17) is 0 Å². The second-order valence-electron chi connectivity index (χ2n) is 7.99. The van der Waals surface area contributed by atoms with Gasteiger partial charge in [-0.3, -0.25) is 4.98 Å². The lowest BCUT2D eigenvalue weighted by Crippen LogP contribution is -2.43. The fraction of sp³-hybridized carbons (Fsp3) is 0.381. The Kier molecular flexibility index (Phi) is 6.28. The van der Waals surface area contributed by atoms with Crippen LogP contribution < -0.4 is 5.32 Å². The molecular formula is C21H22ClF2N5O2S. The Balaban J connectivity index is 0.00000245. The van der Waals surface area contributed by atoms with Gasteiger partial charge in [0, 0.05) is 36.3 Å². The van der Waals surface area contributed by atoms with Crippen molar-refractivity contribution in [2.45, 2.75) is 37.0 Å². The Morgan fingerprint density at radius 1 is 1.03 bits per heavy atom. The minimum absolute atomic E-state index is 0. The number of fused-ring (bicyclic) bond motifs is 1. The fourth-order valence-electron chi connectivity index (χ4n) is 3.94. The molecule has 3 heterocycles. The van der Waals surface area contributed by atoms with E-state index < -0.39 is 21.7 Å². The molecule has 1 N–H and O–H groups in total. The average molecular weight is 482 g/mol. The number of aromatic nitrogens is 3. The van der Waals surface area contributed by atoms with Crippen LogP contribution in [-0.2, 0) is 10.0 Å². The third-order valence-corrected chi connectivity index (χ3v) is 8.17. The van der Waals surface area contributed by atoms with Crippen LogP contribution in [0.5, 0.6) is 0 Å². The normalized spacial score (nSPS) is 17.8. The highest BCUT2D eigenvalue weighted by Gasteiger charge is 2.41. The number of sulfonamides is 1. The van der Waals surface area contributed by atoms with E-state index in [9.17, 15) is 17.2 Å². The van der Waals surface area contributed by atoms with Gasteiger partial charge in [0.05, 0.1) is 11.4 Å². The number of nitrogens with one attached hydrogen (secondary N) is 1. The Labute approximate surface area is 190 Å². The van der Waals surface area contributed by atoms with Gasteiger partial charge in [-0.15, -0.1) is 12.4 Å². The largest absolute Gasteiger partial charge is 0.351 e. The molecule has 7 nitrogen and oxygen atoms in total. The predicted octanol–water partition coefficient (Wildman–Crippen LogP) is 3.76. The molecule has 0 atom stereocenters. The third-order valence-electron chi connectivity index (χ3n) is 5.77. The smallest absolute Gasteiger partial charge is 0.223 e. The van der Waals surface area contributed by atoms with Crippen molar-refractivity contribution in [3.8, 4) is 11.3 Å². The highest BCUT2D eigenvalue weighted by atomic mass is 35.5. The first-order valence-electron chi connectivity index (χ1n) is 10.2. The summed E-state index contributed by atoms with van der Waals surface area (Å²) in [7, 11) is -3.17. The summed E-state index contributed by atoms with van der Waals surface area (Å²) in [5, 5.41) is 3.51. The first-order valence-corrected chi connectivity index (χ1v) is 11.7. The van der Waals surface area contributed by atoms with Crippen LogP contribution >= 0.6 is 12.4 Å². The molecule has 1 aliphatic carbocycles. The van der Waals surface area contributed by atoms with Crippen molar-refractivity contribution in [3.63, 3.8) is 0 Å². The van der Waals surface area contributed by atoms with Crippen molar-refractivity contribution < 1.29 is 17.2 Å². The maximum atomic E-state index is 14.5. The molecule has 2 aromatic heterocycles. The topological polar surface area (TPSA) is 88.1 Å². The molecule has 0 unspecified atom stereocenters. The van der Waals surface area contributed by atoms with Gasteiger partial charge in [-0.25, -0.2) is 31.5 Å². The van der Waals surface area contributed by atoms with E-state index in [-0.39, 0.29) is 40.9 Å². The molecule has 2 fully saturated rings. The van der Waals surface area contributed by atoms with Crippen molar-refractivity contribution in [1.29, 1.82) is 0 Å². The number of rotatable bonds is 5. The number of hydrogen-bond acceptors (Lipinski definition) is 6. The molecule has 1 aliphatic heterocycles. The summed E-state index contributed by atoms with van der Waals surface area (Å²) in [5.41, 5.74) is 0.508. The van der Waals surface area contributed by atoms with Gasteiger partial charge in [-0.2, -0.15) is 0 Å². The molecule has 1 saturated carbocycles. The molecule has 0 spiro atoms. The lowest BCUT2D eigenvalue weighted by molar-refractivity contribution is 0.328. The molecule has 170 valence electrons. The minimum Gasteiger partial charge on any atom is -0.351 e. The molecule has 11 heteroatoms. The van der Waals surface area contributed by atoms with Crippen LogP contribution in [0.2, 0.25) is 0 Å². The minimum atomic E-state index is -3.17. The van der Waals surface area contributed by atoms with E-state index in [0.29, 0.717) is 36.9 Å². The van der Waals surface area contributed by atoms with E-state index in [1.807, 2.05) is 0 Å². The number of hydrogen-bond donors (Lipinski definition) is 1. The molecule has 3 aromatic rings. The molecule has 5 rings (SSSR count). The predicted molar refractivity (Wildman–Crippen MR) is 120 cm³/mol. The van der Waals surface area contributed by atoms with Crippen molar-refractivity contribution >= 4 is 39.3 Å². The number of pyridine rings is 1. The summed E-state index contributed by atoms with van der Waals surface area (Å²) < 4.78 is 55.2. The van der Waals surface area contributed by atoms with Crippen LogP contribution in [0.15, 0.2) is 36.7 Å². The van der Waals surface area contributed by atoms with Gasteiger partial charge in [-0.05, 0) is 43.9 Å². The van der Waals surface area contributed by atoms with Gasteiger partial charge in [0.1, 0.15) is 17.0 Å². The van der Waals surface area contributed by atoms with Gasteiger partial charge in [0.15, 0.2) is 5.82 Å². The monoisotopic (exact) mass is 481 g/mol. The van der Waals surface area contributed by atoms with Gasteiger partial charge >= 0.3 is 0 Å². The fourth-order valence-corrected chi connectivity index (χ4v) is 5.81. The first kappa shape index (κ1) is 22.8. The van der Waals surface area contributed by atoms with Crippen LogP contribution in [0.4, 0.5) is 14.7 Å². The standard InChI is InChI=1S/C21H21F2N5O2S.ClH/c22-17-11-14(10-13-2-1-7-24-19(13)17)20-18(23)12-25-21(27-20)26-15-5-8-28(9-6-15)31(29,30)16-3-4-16;/h1-2,7,10-12,15-16H,3-6,8-9H2,(H,25,26,27);1H. The number of anilines is 1. The van der Waals surface area contributed by atoms with Crippen molar-refractivity contribution in [2.75, 3.05) is 18.4 Å². The molecule has 0 bridgehead atoms. The molecule has 0 amide bonds. The third kappa shape index (κ3) is 4.39.